The van der Waals surface area contributed by atoms with Crippen LogP contribution in [-0.4, -0.2) is 25.6 Å². The number of nitrogens with one attached hydrogen (secondary N) is 2. The molecule has 5 heteroatoms. The fourth-order valence-corrected chi connectivity index (χ4v) is 2.59. The van der Waals surface area contributed by atoms with Gasteiger partial charge in [-0.15, -0.1) is 0 Å². The first kappa shape index (κ1) is 15.3. The molecule has 4 nitrogen and oxygen atoms in total. The van der Waals surface area contributed by atoms with Gasteiger partial charge in [0.1, 0.15) is 5.75 Å². The van der Waals surface area contributed by atoms with Crippen molar-refractivity contribution in [3.8, 4) is 5.75 Å². The molecule has 20 heavy (non-hydrogen) atoms. The van der Waals surface area contributed by atoms with E-state index in [-0.39, 0.29) is 17.9 Å². The number of hydrogen-bond acceptors (Lipinski definition) is 3. The second-order valence-electron chi connectivity index (χ2n) is 5.27. The maximum atomic E-state index is 11.5. The van der Waals surface area contributed by atoms with Gasteiger partial charge < -0.3 is 15.4 Å². The van der Waals surface area contributed by atoms with Crippen molar-refractivity contribution in [2.75, 3.05) is 19.7 Å². The van der Waals surface area contributed by atoms with Crippen molar-refractivity contribution >= 4 is 21.8 Å². The van der Waals surface area contributed by atoms with Crippen LogP contribution in [-0.2, 0) is 4.79 Å². The molecule has 0 saturated heterocycles. The molecule has 0 bridgehead atoms. The molecule has 110 valence electrons. The van der Waals surface area contributed by atoms with E-state index in [1.165, 1.54) is 5.56 Å². The zero-order valence-electron chi connectivity index (χ0n) is 11.9. The van der Waals surface area contributed by atoms with Gasteiger partial charge in [-0.25, -0.2) is 0 Å². The van der Waals surface area contributed by atoms with Crippen molar-refractivity contribution in [2.24, 2.45) is 5.92 Å². The van der Waals surface area contributed by atoms with Crippen LogP contribution >= 0.6 is 15.9 Å². The molecule has 0 spiro atoms. The Labute approximate surface area is 128 Å². The Balaban J connectivity index is 1.86. The van der Waals surface area contributed by atoms with E-state index in [9.17, 15) is 4.79 Å². The van der Waals surface area contributed by atoms with Gasteiger partial charge in [-0.2, -0.15) is 0 Å². The number of benzene rings is 1. The molecule has 1 aliphatic heterocycles. The van der Waals surface area contributed by atoms with E-state index in [4.69, 9.17) is 4.74 Å². The van der Waals surface area contributed by atoms with Crippen LogP contribution in [0.2, 0.25) is 0 Å². The summed E-state index contributed by atoms with van der Waals surface area (Å²) in [6.07, 6.45) is 0.946. The SMILES string of the molecule is CC(C)C(=O)NCCNC1CCOc2ccc(Br)cc21. The zero-order chi connectivity index (χ0) is 14.5. The third-order valence-corrected chi connectivity index (χ3v) is 3.84. The Hall–Kier alpha value is -1.07. The summed E-state index contributed by atoms with van der Waals surface area (Å²) >= 11 is 3.49. The summed E-state index contributed by atoms with van der Waals surface area (Å²) in [4.78, 5) is 11.5. The maximum Gasteiger partial charge on any atom is 0.222 e. The van der Waals surface area contributed by atoms with E-state index in [0.717, 1.165) is 29.8 Å². The summed E-state index contributed by atoms with van der Waals surface area (Å²) in [5.74, 6) is 1.08. The maximum absolute atomic E-state index is 11.5. The Morgan fingerprint density at radius 2 is 2.25 bits per heavy atom. The summed E-state index contributed by atoms with van der Waals surface area (Å²) < 4.78 is 6.71. The number of carbonyl (C=O) groups excluding carboxylic acids is 1. The van der Waals surface area contributed by atoms with Gasteiger partial charge in [0.2, 0.25) is 5.91 Å². The molecule has 0 aromatic heterocycles. The number of halogens is 1. The van der Waals surface area contributed by atoms with Crippen LogP contribution < -0.4 is 15.4 Å². The number of fused-ring (bicyclic) bond motifs is 1. The quantitative estimate of drug-likeness (QED) is 0.810. The van der Waals surface area contributed by atoms with Crippen LogP contribution in [0.15, 0.2) is 22.7 Å². The minimum atomic E-state index is 0.0368. The van der Waals surface area contributed by atoms with Crippen molar-refractivity contribution in [2.45, 2.75) is 26.3 Å². The molecule has 2 rings (SSSR count). The molecule has 0 saturated carbocycles. The van der Waals surface area contributed by atoms with E-state index in [0.29, 0.717) is 6.54 Å². The number of carbonyl (C=O) groups is 1. The van der Waals surface area contributed by atoms with Crippen LogP contribution in [0.5, 0.6) is 5.75 Å². The second kappa shape index (κ2) is 7.09. The van der Waals surface area contributed by atoms with E-state index in [1.807, 2.05) is 26.0 Å². The van der Waals surface area contributed by atoms with Crippen molar-refractivity contribution in [1.29, 1.82) is 0 Å². The minimum absolute atomic E-state index is 0.0368. The predicted molar refractivity (Wildman–Crippen MR) is 82.8 cm³/mol. The van der Waals surface area contributed by atoms with Crippen LogP contribution in [0.4, 0.5) is 0 Å². The predicted octanol–water partition coefficient (Wildman–Crippen LogP) is 2.63. The highest BCUT2D eigenvalue weighted by atomic mass is 79.9. The third kappa shape index (κ3) is 3.96. The van der Waals surface area contributed by atoms with Crippen molar-refractivity contribution in [3.05, 3.63) is 28.2 Å². The molecular formula is C15H21BrN2O2. The molecule has 0 radical (unpaired) electrons. The smallest absolute Gasteiger partial charge is 0.222 e. The Kier molecular flexibility index (Phi) is 5.43. The largest absolute Gasteiger partial charge is 0.493 e. The second-order valence-corrected chi connectivity index (χ2v) is 6.19. The van der Waals surface area contributed by atoms with Gasteiger partial charge in [-0.3, -0.25) is 4.79 Å². The van der Waals surface area contributed by atoms with Gasteiger partial charge in [0, 0.05) is 41.5 Å². The Bertz CT molecular complexity index is 477. The first-order valence-electron chi connectivity index (χ1n) is 7.01. The molecule has 1 heterocycles. The first-order chi connectivity index (χ1) is 9.58. The molecule has 0 aliphatic carbocycles. The van der Waals surface area contributed by atoms with Gasteiger partial charge in [0.25, 0.3) is 0 Å². The van der Waals surface area contributed by atoms with Crippen LogP contribution in [0.1, 0.15) is 31.9 Å². The Morgan fingerprint density at radius 1 is 1.45 bits per heavy atom. The van der Waals surface area contributed by atoms with Gasteiger partial charge in [0.15, 0.2) is 0 Å². The standard InChI is InChI=1S/C15H21BrN2O2/c1-10(2)15(19)18-7-6-17-13-5-8-20-14-4-3-11(16)9-12(13)14/h3-4,9-10,13,17H,5-8H2,1-2H3,(H,18,19). The summed E-state index contributed by atoms with van der Waals surface area (Å²) in [5, 5.41) is 6.40. The fraction of sp³-hybridized carbons (Fsp3) is 0.533. The topological polar surface area (TPSA) is 50.4 Å². The van der Waals surface area contributed by atoms with Gasteiger partial charge in [-0.1, -0.05) is 29.8 Å². The summed E-state index contributed by atoms with van der Waals surface area (Å²) in [6, 6.07) is 6.36. The highest BCUT2D eigenvalue weighted by molar-refractivity contribution is 9.10. The molecule has 1 aliphatic rings. The van der Waals surface area contributed by atoms with Gasteiger partial charge >= 0.3 is 0 Å². The summed E-state index contributed by atoms with van der Waals surface area (Å²) in [6.45, 7) is 5.93. The lowest BCUT2D eigenvalue weighted by Crippen LogP contribution is -2.36. The minimum Gasteiger partial charge on any atom is -0.493 e. The highest BCUT2D eigenvalue weighted by Gasteiger charge is 2.21. The van der Waals surface area contributed by atoms with E-state index >= 15 is 0 Å². The number of hydrogen-bond donors (Lipinski definition) is 2. The van der Waals surface area contributed by atoms with Gasteiger partial charge in [-0.05, 0) is 18.2 Å². The van der Waals surface area contributed by atoms with Crippen LogP contribution in [0.3, 0.4) is 0 Å². The van der Waals surface area contributed by atoms with Crippen molar-refractivity contribution in [1.82, 2.24) is 10.6 Å². The molecule has 1 unspecified atom stereocenters. The summed E-state index contributed by atoms with van der Waals surface area (Å²) in [5.41, 5.74) is 1.18. The lowest BCUT2D eigenvalue weighted by atomic mass is 10.0. The average Bonchev–Trinajstić information content (AvgIpc) is 2.43. The monoisotopic (exact) mass is 340 g/mol. The van der Waals surface area contributed by atoms with Crippen molar-refractivity contribution < 1.29 is 9.53 Å². The molecule has 1 atom stereocenters. The van der Waals surface area contributed by atoms with Crippen molar-refractivity contribution in [3.63, 3.8) is 0 Å². The third-order valence-electron chi connectivity index (χ3n) is 3.35. The molecule has 2 N–H and O–H groups in total. The van der Waals surface area contributed by atoms with Gasteiger partial charge in [0.05, 0.1) is 6.61 Å². The van der Waals surface area contributed by atoms with E-state index in [2.05, 4.69) is 32.6 Å². The number of ether oxygens (including phenoxy) is 1. The normalized spacial score (nSPS) is 17.5. The lowest BCUT2D eigenvalue weighted by molar-refractivity contribution is -0.123. The Morgan fingerprint density at radius 3 is 3.00 bits per heavy atom. The number of amides is 1. The van der Waals surface area contributed by atoms with Crippen LogP contribution in [0.25, 0.3) is 0 Å². The van der Waals surface area contributed by atoms with E-state index in [1.54, 1.807) is 0 Å². The van der Waals surface area contributed by atoms with Crippen LogP contribution in [0, 0.1) is 5.92 Å². The molecule has 1 aromatic rings. The highest BCUT2D eigenvalue weighted by Crippen LogP contribution is 2.33. The lowest BCUT2D eigenvalue weighted by Gasteiger charge is -2.27. The van der Waals surface area contributed by atoms with E-state index < -0.39 is 0 Å². The molecule has 1 amide bonds. The summed E-state index contributed by atoms with van der Waals surface area (Å²) in [7, 11) is 0. The number of rotatable bonds is 5. The average molecular weight is 341 g/mol. The molecule has 1 aromatic carbocycles. The zero-order valence-corrected chi connectivity index (χ0v) is 13.5. The molecule has 0 fully saturated rings. The first-order valence-corrected chi connectivity index (χ1v) is 7.80. The fourth-order valence-electron chi connectivity index (χ4n) is 2.21. The molecular weight excluding hydrogens is 320 g/mol.